The molecule has 0 amide bonds. The van der Waals surface area contributed by atoms with Crippen molar-refractivity contribution >= 4 is 5.97 Å². The van der Waals surface area contributed by atoms with Crippen LogP contribution in [0, 0.1) is 0 Å². The third kappa shape index (κ3) is 3.03. The number of esters is 1. The predicted molar refractivity (Wildman–Crippen MR) is 79.1 cm³/mol. The van der Waals surface area contributed by atoms with Crippen molar-refractivity contribution in [3.63, 3.8) is 0 Å². The SMILES string of the molecule is CO[C@@]1(N)O[C@H](CO)[C@@H](O)[C@H](O)[C@@]1(O)C(=O)OCc1ccccc1. The van der Waals surface area contributed by atoms with Crippen LogP contribution in [-0.2, 0) is 25.6 Å². The Labute approximate surface area is 138 Å². The lowest BCUT2D eigenvalue weighted by atomic mass is 9.83. The van der Waals surface area contributed by atoms with E-state index < -0.39 is 42.4 Å². The Morgan fingerprint density at radius 3 is 2.50 bits per heavy atom. The van der Waals surface area contributed by atoms with Gasteiger partial charge in [0.25, 0.3) is 11.5 Å². The van der Waals surface area contributed by atoms with Gasteiger partial charge in [0.2, 0.25) is 0 Å². The highest BCUT2D eigenvalue weighted by atomic mass is 16.7. The number of benzene rings is 1. The normalized spacial score (nSPS) is 36.3. The van der Waals surface area contributed by atoms with Gasteiger partial charge < -0.3 is 34.6 Å². The van der Waals surface area contributed by atoms with Gasteiger partial charge in [-0.2, -0.15) is 0 Å². The van der Waals surface area contributed by atoms with Gasteiger partial charge in [0, 0.05) is 7.11 Å². The van der Waals surface area contributed by atoms with E-state index in [0.29, 0.717) is 5.56 Å². The molecule has 0 aliphatic carbocycles. The van der Waals surface area contributed by atoms with Gasteiger partial charge in [-0.1, -0.05) is 30.3 Å². The number of nitrogens with two attached hydrogens (primary N) is 1. The molecule has 1 heterocycles. The van der Waals surface area contributed by atoms with Crippen molar-refractivity contribution in [3.05, 3.63) is 35.9 Å². The second-order valence-electron chi connectivity index (χ2n) is 5.47. The van der Waals surface area contributed by atoms with Crippen LogP contribution in [-0.4, -0.2) is 69.9 Å². The average Bonchev–Trinajstić information content (AvgIpc) is 2.61. The van der Waals surface area contributed by atoms with E-state index >= 15 is 0 Å². The number of hydrogen-bond acceptors (Lipinski definition) is 9. The summed E-state index contributed by atoms with van der Waals surface area (Å²) in [7, 11) is 1.04. The zero-order chi connectivity index (χ0) is 18.0. The second kappa shape index (κ2) is 7.11. The molecular weight excluding hydrogens is 322 g/mol. The van der Waals surface area contributed by atoms with Crippen LogP contribution in [0.15, 0.2) is 30.3 Å². The Morgan fingerprint density at radius 1 is 1.33 bits per heavy atom. The fourth-order valence-corrected chi connectivity index (χ4v) is 2.49. The molecule has 5 atom stereocenters. The summed E-state index contributed by atoms with van der Waals surface area (Å²) in [5, 5.41) is 39.9. The number of aliphatic hydroxyl groups excluding tert-OH is 3. The van der Waals surface area contributed by atoms with E-state index in [-0.39, 0.29) is 6.61 Å². The van der Waals surface area contributed by atoms with Crippen LogP contribution in [0.5, 0.6) is 0 Å². The summed E-state index contributed by atoms with van der Waals surface area (Å²) in [6.45, 7) is -0.913. The zero-order valence-corrected chi connectivity index (χ0v) is 13.0. The van der Waals surface area contributed by atoms with Crippen molar-refractivity contribution in [1.82, 2.24) is 0 Å². The number of carbonyl (C=O) groups is 1. The third-order valence-corrected chi connectivity index (χ3v) is 4.00. The van der Waals surface area contributed by atoms with Crippen molar-refractivity contribution in [2.75, 3.05) is 13.7 Å². The van der Waals surface area contributed by atoms with Crippen LogP contribution in [0.25, 0.3) is 0 Å². The molecule has 1 aromatic rings. The Kier molecular flexibility index (Phi) is 5.56. The topological polar surface area (TPSA) is 152 Å². The Hall–Kier alpha value is -1.59. The van der Waals surface area contributed by atoms with Crippen molar-refractivity contribution in [1.29, 1.82) is 0 Å². The van der Waals surface area contributed by atoms with Crippen LogP contribution < -0.4 is 5.73 Å². The van der Waals surface area contributed by atoms with Gasteiger partial charge in [0.1, 0.15) is 24.9 Å². The van der Waals surface area contributed by atoms with Gasteiger partial charge in [-0.25, -0.2) is 4.79 Å². The highest BCUT2D eigenvalue weighted by Gasteiger charge is 2.68. The van der Waals surface area contributed by atoms with Crippen LogP contribution in [0.1, 0.15) is 5.56 Å². The van der Waals surface area contributed by atoms with Crippen molar-refractivity contribution in [2.24, 2.45) is 5.73 Å². The molecule has 0 saturated carbocycles. The molecule has 1 aliphatic rings. The second-order valence-corrected chi connectivity index (χ2v) is 5.47. The van der Waals surface area contributed by atoms with Crippen molar-refractivity contribution in [3.8, 4) is 0 Å². The van der Waals surface area contributed by atoms with Gasteiger partial charge in [-0.3, -0.25) is 5.73 Å². The monoisotopic (exact) mass is 343 g/mol. The molecule has 1 aromatic carbocycles. The molecule has 134 valence electrons. The van der Waals surface area contributed by atoms with E-state index in [1.54, 1.807) is 30.3 Å². The summed E-state index contributed by atoms with van der Waals surface area (Å²) in [6.07, 6.45) is -5.24. The minimum absolute atomic E-state index is 0.200. The number of carbonyl (C=O) groups excluding carboxylic acids is 1. The van der Waals surface area contributed by atoms with Crippen molar-refractivity contribution in [2.45, 2.75) is 36.4 Å². The van der Waals surface area contributed by atoms with E-state index in [2.05, 4.69) is 0 Å². The molecule has 1 saturated heterocycles. The summed E-state index contributed by atoms with van der Waals surface area (Å²) in [5.41, 5.74) is 3.48. The van der Waals surface area contributed by atoms with Crippen LogP contribution in [0.2, 0.25) is 0 Å². The molecule has 1 aliphatic heterocycles. The summed E-state index contributed by atoms with van der Waals surface area (Å²) < 4.78 is 14.9. The lowest BCUT2D eigenvalue weighted by Gasteiger charge is -2.50. The Morgan fingerprint density at radius 2 is 1.96 bits per heavy atom. The molecule has 0 unspecified atom stereocenters. The highest BCUT2D eigenvalue weighted by Crippen LogP contribution is 2.36. The number of rotatable bonds is 5. The van der Waals surface area contributed by atoms with Crippen LogP contribution >= 0.6 is 0 Å². The van der Waals surface area contributed by atoms with Crippen molar-refractivity contribution < 1.29 is 39.4 Å². The molecule has 0 spiro atoms. The first-order valence-corrected chi connectivity index (χ1v) is 7.22. The zero-order valence-electron chi connectivity index (χ0n) is 13.0. The predicted octanol–water partition coefficient (Wildman–Crippen LogP) is -2.17. The smallest absolute Gasteiger partial charge is 0.348 e. The number of aliphatic hydroxyl groups is 4. The summed E-state index contributed by atoms with van der Waals surface area (Å²) in [6, 6.07) is 8.61. The molecule has 6 N–H and O–H groups in total. The highest BCUT2D eigenvalue weighted by molar-refractivity contribution is 5.82. The molecule has 1 fully saturated rings. The van der Waals surface area contributed by atoms with E-state index in [0.717, 1.165) is 7.11 Å². The maximum atomic E-state index is 12.4. The maximum Gasteiger partial charge on any atom is 0.348 e. The van der Waals surface area contributed by atoms with Crippen LogP contribution in [0.4, 0.5) is 0 Å². The van der Waals surface area contributed by atoms with E-state index in [1.165, 1.54) is 0 Å². The Bertz CT molecular complexity index is 570. The maximum absolute atomic E-state index is 12.4. The van der Waals surface area contributed by atoms with Gasteiger partial charge in [0.15, 0.2) is 0 Å². The first-order chi connectivity index (χ1) is 11.3. The van der Waals surface area contributed by atoms with E-state index in [1.807, 2.05) is 0 Å². The third-order valence-electron chi connectivity index (χ3n) is 4.00. The van der Waals surface area contributed by atoms with Gasteiger partial charge in [0.05, 0.1) is 6.61 Å². The number of hydrogen-bond donors (Lipinski definition) is 5. The number of ether oxygens (including phenoxy) is 3. The first-order valence-electron chi connectivity index (χ1n) is 7.22. The largest absolute Gasteiger partial charge is 0.458 e. The molecule has 0 radical (unpaired) electrons. The molecule has 0 aromatic heterocycles. The summed E-state index contributed by atoms with van der Waals surface area (Å²) in [5.74, 6) is -3.86. The van der Waals surface area contributed by atoms with Gasteiger partial charge in [-0.15, -0.1) is 0 Å². The first kappa shape index (κ1) is 18.7. The van der Waals surface area contributed by atoms with E-state index in [9.17, 15) is 20.1 Å². The standard InChI is InChI=1S/C15H21NO8/c1-22-15(16)14(21,12(19)11(18)10(7-17)24-15)13(20)23-8-9-5-3-2-4-6-9/h2-6,10-12,17-19,21H,7-8,16H2,1H3/t10-,11-,12+,14-,15-/m1/s1. The van der Waals surface area contributed by atoms with Crippen LogP contribution in [0.3, 0.4) is 0 Å². The minimum Gasteiger partial charge on any atom is -0.458 e. The quantitative estimate of drug-likeness (QED) is 0.297. The lowest BCUT2D eigenvalue weighted by molar-refractivity contribution is -0.385. The summed E-state index contributed by atoms with van der Waals surface area (Å²) in [4.78, 5) is 12.4. The minimum atomic E-state index is -2.90. The van der Waals surface area contributed by atoms with E-state index in [4.69, 9.17) is 25.1 Å². The Balaban J connectivity index is 2.24. The molecular formula is C15H21NO8. The lowest BCUT2D eigenvalue weighted by Crippen LogP contribution is -2.80. The van der Waals surface area contributed by atoms with Gasteiger partial charge in [-0.05, 0) is 5.56 Å². The average molecular weight is 343 g/mol. The summed E-state index contributed by atoms with van der Waals surface area (Å²) >= 11 is 0. The molecule has 2 rings (SSSR count). The molecule has 24 heavy (non-hydrogen) atoms. The molecule has 9 nitrogen and oxygen atoms in total. The number of methoxy groups -OCH3 is 1. The van der Waals surface area contributed by atoms with Gasteiger partial charge >= 0.3 is 5.97 Å². The fraction of sp³-hybridized carbons (Fsp3) is 0.533. The molecule has 9 heteroatoms. The molecule has 0 bridgehead atoms. The fourth-order valence-electron chi connectivity index (χ4n) is 2.49.